The maximum Gasteiger partial charge on any atom is 0.155 e. The summed E-state index contributed by atoms with van der Waals surface area (Å²) < 4.78 is 13.4. The van der Waals surface area contributed by atoms with Crippen molar-refractivity contribution in [1.82, 2.24) is 0 Å². The van der Waals surface area contributed by atoms with E-state index >= 15 is 0 Å². The molecule has 0 radical (unpaired) electrons. The number of halogens is 1. The molecule has 1 heterocycles. The van der Waals surface area contributed by atoms with Crippen LogP contribution in [0.15, 0.2) is 18.2 Å². The summed E-state index contributed by atoms with van der Waals surface area (Å²) >= 11 is 0. The van der Waals surface area contributed by atoms with Gasteiger partial charge in [0.1, 0.15) is 5.82 Å². The van der Waals surface area contributed by atoms with Crippen LogP contribution >= 0.6 is 0 Å². The molecule has 1 fully saturated rings. The van der Waals surface area contributed by atoms with E-state index in [9.17, 15) is 14.3 Å². The Morgan fingerprint density at radius 2 is 2.31 bits per heavy atom. The molecule has 0 bridgehead atoms. The quantitative estimate of drug-likeness (QED) is 0.774. The topological polar surface area (TPSA) is 40.5 Å². The molecule has 16 heavy (non-hydrogen) atoms. The maximum absolute atomic E-state index is 13.4. The maximum atomic E-state index is 13.4. The molecule has 86 valence electrons. The molecule has 0 amide bonds. The van der Waals surface area contributed by atoms with Crippen molar-refractivity contribution in [3.63, 3.8) is 0 Å². The van der Waals surface area contributed by atoms with Gasteiger partial charge in [-0.3, -0.25) is 4.79 Å². The number of aliphatic hydroxyl groups is 1. The van der Waals surface area contributed by atoms with Crippen LogP contribution in [0.2, 0.25) is 0 Å². The Morgan fingerprint density at radius 3 is 2.88 bits per heavy atom. The van der Waals surface area contributed by atoms with Crippen molar-refractivity contribution in [1.29, 1.82) is 0 Å². The highest BCUT2D eigenvalue weighted by atomic mass is 19.1. The molecule has 1 aliphatic heterocycles. The third-order valence-electron chi connectivity index (χ3n) is 2.94. The molecule has 0 aliphatic carbocycles. The van der Waals surface area contributed by atoms with Crippen LogP contribution in [0.4, 0.5) is 10.1 Å². The standard InChI is InChI=1S/C12H14FNO2/c1-12(16)5-6-14(8-12)11-4-2-3-10(13)9(11)7-15/h2-4,7,16H,5-6,8H2,1H3. The normalized spacial score (nSPS) is 24.8. The van der Waals surface area contributed by atoms with Gasteiger partial charge in [-0.2, -0.15) is 0 Å². The van der Waals surface area contributed by atoms with Gasteiger partial charge in [0.05, 0.1) is 16.9 Å². The smallest absolute Gasteiger partial charge is 0.155 e. The van der Waals surface area contributed by atoms with Crippen molar-refractivity contribution in [2.24, 2.45) is 0 Å². The van der Waals surface area contributed by atoms with Crippen LogP contribution in [0, 0.1) is 5.82 Å². The van der Waals surface area contributed by atoms with Gasteiger partial charge in [-0.05, 0) is 25.5 Å². The van der Waals surface area contributed by atoms with Gasteiger partial charge >= 0.3 is 0 Å². The zero-order valence-corrected chi connectivity index (χ0v) is 9.11. The summed E-state index contributed by atoms with van der Waals surface area (Å²) in [6.45, 7) is 2.81. The van der Waals surface area contributed by atoms with Crippen LogP contribution in [0.3, 0.4) is 0 Å². The predicted molar refractivity (Wildman–Crippen MR) is 59.2 cm³/mol. The summed E-state index contributed by atoms with van der Waals surface area (Å²) in [6.07, 6.45) is 1.15. The predicted octanol–water partition coefficient (Wildman–Crippen LogP) is 1.60. The lowest BCUT2D eigenvalue weighted by Gasteiger charge is -2.22. The minimum absolute atomic E-state index is 0.0696. The van der Waals surface area contributed by atoms with E-state index in [1.165, 1.54) is 6.07 Å². The van der Waals surface area contributed by atoms with Gasteiger partial charge in [-0.1, -0.05) is 6.07 Å². The van der Waals surface area contributed by atoms with Crippen LogP contribution in [-0.2, 0) is 0 Å². The second-order valence-electron chi connectivity index (χ2n) is 4.46. The molecule has 0 spiro atoms. The van der Waals surface area contributed by atoms with Crippen molar-refractivity contribution in [2.75, 3.05) is 18.0 Å². The molecular weight excluding hydrogens is 209 g/mol. The Morgan fingerprint density at radius 1 is 1.56 bits per heavy atom. The number of rotatable bonds is 2. The number of hydrogen-bond acceptors (Lipinski definition) is 3. The van der Waals surface area contributed by atoms with E-state index in [1.54, 1.807) is 19.1 Å². The molecule has 1 N–H and O–H groups in total. The number of aldehydes is 1. The van der Waals surface area contributed by atoms with Crippen molar-refractivity contribution >= 4 is 12.0 Å². The van der Waals surface area contributed by atoms with Gasteiger partial charge < -0.3 is 10.0 Å². The molecule has 1 aromatic rings. The van der Waals surface area contributed by atoms with E-state index in [2.05, 4.69) is 0 Å². The number of carbonyl (C=O) groups excluding carboxylic acids is 1. The first-order valence-corrected chi connectivity index (χ1v) is 5.24. The Bertz CT molecular complexity index is 417. The van der Waals surface area contributed by atoms with E-state index in [0.717, 1.165) is 0 Å². The molecule has 3 nitrogen and oxygen atoms in total. The molecule has 1 unspecified atom stereocenters. The molecule has 1 aromatic carbocycles. The molecule has 1 aliphatic rings. The summed E-state index contributed by atoms with van der Waals surface area (Å²) in [6, 6.07) is 4.54. The van der Waals surface area contributed by atoms with Crippen molar-refractivity contribution in [3.8, 4) is 0 Å². The van der Waals surface area contributed by atoms with E-state index in [0.29, 0.717) is 31.5 Å². The lowest BCUT2D eigenvalue weighted by molar-refractivity contribution is 0.0838. The Labute approximate surface area is 93.5 Å². The van der Waals surface area contributed by atoms with Crippen LogP contribution in [0.5, 0.6) is 0 Å². The van der Waals surface area contributed by atoms with Crippen molar-refractivity contribution in [2.45, 2.75) is 18.9 Å². The molecule has 2 rings (SSSR count). The second-order valence-corrected chi connectivity index (χ2v) is 4.46. The van der Waals surface area contributed by atoms with Crippen LogP contribution in [0.25, 0.3) is 0 Å². The monoisotopic (exact) mass is 223 g/mol. The fourth-order valence-electron chi connectivity index (χ4n) is 2.07. The van der Waals surface area contributed by atoms with Crippen LogP contribution in [-0.4, -0.2) is 30.1 Å². The van der Waals surface area contributed by atoms with Gasteiger partial charge in [-0.25, -0.2) is 4.39 Å². The largest absolute Gasteiger partial charge is 0.388 e. The first kappa shape index (κ1) is 11.1. The minimum atomic E-state index is -0.757. The van der Waals surface area contributed by atoms with Crippen molar-refractivity contribution < 1.29 is 14.3 Å². The summed E-state index contributed by atoms with van der Waals surface area (Å²) in [7, 11) is 0. The van der Waals surface area contributed by atoms with Crippen LogP contribution < -0.4 is 4.90 Å². The molecule has 0 aromatic heterocycles. The zero-order valence-electron chi connectivity index (χ0n) is 9.11. The number of anilines is 1. The highest BCUT2D eigenvalue weighted by Crippen LogP contribution is 2.29. The molecule has 4 heteroatoms. The number of nitrogens with zero attached hydrogens (tertiary/aromatic N) is 1. The van der Waals surface area contributed by atoms with Gasteiger partial charge in [0.25, 0.3) is 0 Å². The van der Waals surface area contributed by atoms with E-state index in [-0.39, 0.29) is 5.56 Å². The third kappa shape index (κ3) is 1.93. The van der Waals surface area contributed by atoms with Crippen LogP contribution in [0.1, 0.15) is 23.7 Å². The average molecular weight is 223 g/mol. The minimum Gasteiger partial charge on any atom is -0.388 e. The van der Waals surface area contributed by atoms with Gasteiger partial charge in [0.2, 0.25) is 0 Å². The Balaban J connectivity index is 2.35. The zero-order chi connectivity index (χ0) is 11.8. The average Bonchev–Trinajstić information content (AvgIpc) is 2.58. The summed E-state index contributed by atoms with van der Waals surface area (Å²) in [5.74, 6) is -0.515. The molecular formula is C12H14FNO2. The molecule has 1 atom stereocenters. The number of β-amino-alcohol motifs (C(OH)–C–C–N with tert-alkyl or cyclic N) is 1. The van der Waals surface area contributed by atoms with Gasteiger partial charge in [0, 0.05) is 13.1 Å². The van der Waals surface area contributed by atoms with E-state index < -0.39 is 11.4 Å². The molecule has 0 saturated carbocycles. The summed E-state index contributed by atoms with van der Waals surface area (Å²) in [5, 5.41) is 9.84. The van der Waals surface area contributed by atoms with Gasteiger partial charge in [-0.15, -0.1) is 0 Å². The lowest BCUT2D eigenvalue weighted by Crippen LogP contribution is -2.30. The number of carbonyl (C=O) groups is 1. The Kier molecular flexibility index (Phi) is 2.68. The fourth-order valence-corrected chi connectivity index (χ4v) is 2.07. The highest BCUT2D eigenvalue weighted by Gasteiger charge is 2.32. The lowest BCUT2D eigenvalue weighted by atomic mass is 10.1. The highest BCUT2D eigenvalue weighted by molar-refractivity contribution is 5.85. The second kappa shape index (κ2) is 3.87. The molecule has 1 saturated heterocycles. The summed E-state index contributed by atoms with van der Waals surface area (Å²) in [4.78, 5) is 12.7. The fraction of sp³-hybridized carbons (Fsp3) is 0.417. The third-order valence-corrected chi connectivity index (χ3v) is 2.94. The number of hydrogen-bond donors (Lipinski definition) is 1. The first-order valence-electron chi connectivity index (χ1n) is 5.24. The SMILES string of the molecule is CC1(O)CCN(c2cccc(F)c2C=O)C1. The summed E-state index contributed by atoms with van der Waals surface area (Å²) in [5.41, 5.74) is -0.125. The van der Waals surface area contributed by atoms with E-state index in [4.69, 9.17) is 0 Å². The number of benzene rings is 1. The first-order chi connectivity index (χ1) is 7.53. The van der Waals surface area contributed by atoms with Gasteiger partial charge in [0.15, 0.2) is 6.29 Å². The van der Waals surface area contributed by atoms with Crippen molar-refractivity contribution in [3.05, 3.63) is 29.6 Å². The Hall–Kier alpha value is -1.42. The van der Waals surface area contributed by atoms with E-state index in [1.807, 2.05) is 4.90 Å².